The number of methoxy groups -OCH3 is 1. The minimum atomic E-state index is -4.76. The summed E-state index contributed by atoms with van der Waals surface area (Å²) in [4.78, 5) is 0. The third-order valence-electron chi connectivity index (χ3n) is 9.68. The summed E-state index contributed by atoms with van der Waals surface area (Å²) in [6.45, 7) is 2.41. The molecule has 0 atom stereocenters. The second kappa shape index (κ2) is 12.3. The van der Waals surface area contributed by atoms with E-state index in [1.807, 2.05) is 6.08 Å². The number of benzene rings is 1. The molecule has 0 radical (unpaired) electrons. The molecule has 4 rings (SSSR count). The van der Waals surface area contributed by atoms with Gasteiger partial charge in [-0.1, -0.05) is 63.7 Å². The van der Waals surface area contributed by atoms with Gasteiger partial charge in [0.2, 0.25) is 0 Å². The van der Waals surface area contributed by atoms with Gasteiger partial charge in [-0.2, -0.15) is 13.2 Å². The Hall–Kier alpha value is -1.52. The maximum Gasteiger partial charge on any atom is 0.419 e. The maximum atomic E-state index is 14.3. The first kappa shape index (κ1) is 27.5. The predicted molar refractivity (Wildman–Crippen MR) is 138 cm³/mol. The third-order valence-corrected chi connectivity index (χ3v) is 9.68. The molecule has 3 fully saturated rings. The maximum absolute atomic E-state index is 14.3. The van der Waals surface area contributed by atoms with E-state index in [-0.39, 0.29) is 17.2 Å². The number of rotatable bonds is 7. The molecule has 0 heterocycles. The zero-order valence-corrected chi connectivity index (χ0v) is 22.1. The van der Waals surface area contributed by atoms with Gasteiger partial charge in [-0.3, -0.25) is 0 Å². The van der Waals surface area contributed by atoms with Crippen LogP contribution in [0.5, 0.6) is 5.75 Å². The molecule has 3 aliphatic carbocycles. The van der Waals surface area contributed by atoms with Gasteiger partial charge >= 0.3 is 6.18 Å². The Morgan fingerprint density at radius 3 is 1.86 bits per heavy atom. The molecule has 0 unspecified atom stereocenters. The second-order valence-electron chi connectivity index (χ2n) is 12.1. The van der Waals surface area contributed by atoms with Crippen molar-refractivity contribution < 1.29 is 22.3 Å². The van der Waals surface area contributed by atoms with Crippen molar-refractivity contribution >= 4 is 6.08 Å². The van der Waals surface area contributed by atoms with Gasteiger partial charge in [-0.25, -0.2) is 4.39 Å². The van der Waals surface area contributed by atoms with Crippen LogP contribution in [-0.4, -0.2) is 7.11 Å². The van der Waals surface area contributed by atoms with Gasteiger partial charge in [0.15, 0.2) is 11.6 Å². The number of hydrogen-bond donors (Lipinski definition) is 0. The van der Waals surface area contributed by atoms with E-state index in [0.29, 0.717) is 0 Å². The summed E-state index contributed by atoms with van der Waals surface area (Å²) in [6, 6.07) is 2.57. The molecule has 0 N–H and O–H groups in total. The van der Waals surface area contributed by atoms with Gasteiger partial charge in [0.05, 0.1) is 7.11 Å². The molecule has 0 saturated heterocycles. The summed E-state index contributed by atoms with van der Waals surface area (Å²) in [7, 11) is 1.18. The fourth-order valence-electron chi connectivity index (χ4n) is 7.24. The van der Waals surface area contributed by atoms with E-state index in [0.717, 1.165) is 55.3 Å². The standard InChI is InChI=1S/C31H44F4O/c1-21-3-14-25(15-4-21)26-16-11-24(12-17-26)10-7-22-5-8-23(9-6-22)13-18-27-19-20-28(36-2)30(32)29(27)31(33,34)35/h13,18-26H,3-12,14-17H2,1-2H3/b18-13+. The molecular formula is C31H44F4O. The van der Waals surface area contributed by atoms with Gasteiger partial charge in [-0.05, 0) is 98.5 Å². The summed E-state index contributed by atoms with van der Waals surface area (Å²) in [5, 5.41) is 0. The van der Waals surface area contributed by atoms with Crippen molar-refractivity contribution in [3.8, 4) is 5.75 Å². The topological polar surface area (TPSA) is 9.23 Å². The first-order chi connectivity index (χ1) is 17.2. The van der Waals surface area contributed by atoms with Crippen molar-refractivity contribution in [3.63, 3.8) is 0 Å². The molecule has 1 nitrogen and oxygen atoms in total. The highest BCUT2D eigenvalue weighted by molar-refractivity contribution is 5.57. The van der Waals surface area contributed by atoms with E-state index in [1.165, 1.54) is 89.5 Å². The van der Waals surface area contributed by atoms with Crippen LogP contribution >= 0.6 is 0 Å². The first-order valence-electron chi connectivity index (χ1n) is 14.4. The average Bonchev–Trinajstić information content (AvgIpc) is 2.87. The molecule has 0 aromatic heterocycles. The first-order valence-corrected chi connectivity index (χ1v) is 14.4. The zero-order chi connectivity index (χ0) is 25.7. The van der Waals surface area contributed by atoms with Crippen molar-refractivity contribution in [2.75, 3.05) is 7.11 Å². The minimum Gasteiger partial charge on any atom is -0.494 e. The van der Waals surface area contributed by atoms with Gasteiger partial charge in [0.25, 0.3) is 0 Å². The van der Waals surface area contributed by atoms with Crippen molar-refractivity contribution in [1.82, 2.24) is 0 Å². The minimum absolute atomic E-state index is 0.124. The van der Waals surface area contributed by atoms with Crippen LogP contribution < -0.4 is 4.74 Å². The fraction of sp³-hybridized carbons (Fsp3) is 0.742. The van der Waals surface area contributed by atoms with Crippen molar-refractivity contribution in [2.24, 2.45) is 35.5 Å². The molecule has 0 aliphatic heterocycles. The van der Waals surface area contributed by atoms with Crippen LogP contribution in [0.2, 0.25) is 0 Å². The summed E-state index contributed by atoms with van der Waals surface area (Å²) < 4.78 is 59.5. The largest absolute Gasteiger partial charge is 0.494 e. The predicted octanol–water partition coefficient (Wildman–Crippen LogP) is 10.1. The molecule has 3 saturated carbocycles. The molecule has 36 heavy (non-hydrogen) atoms. The second-order valence-corrected chi connectivity index (χ2v) is 12.1. The number of allylic oxidation sites excluding steroid dienone is 1. The van der Waals surface area contributed by atoms with Crippen LogP contribution in [0.3, 0.4) is 0 Å². The molecule has 1 aromatic rings. The van der Waals surface area contributed by atoms with Gasteiger partial charge in [-0.15, -0.1) is 0 Å². The van der Waals surface area contributed by atoms with Crippen LogP contribution in [0.15, 0.2) is 18.2 Å². The molecular weight excluding hydrogens is 464 g/mol. The van der Waals surface area contributed by atoms with Gasteiger partial charge < -0.3 is 4.74 Å². The van der Waals surface area contributed by atoms with E-state index in [2.05, 4.69) is 6.92 Å². The average molecular weight is 509 g/mol. The van der Waals surface area contributed by atoms with Crippen LogP contribution in [0.25, 0.3) is 6.08 Å². The fourth-order valence-corrected chi connectivity index (χ4v) is 7.24. The molecule has 0 spiro atoms. The van der Waals surface area contributed by atoms with Crippen LogP contribution in [0, 0.1) is 41.3 Å². The summed E-state index contributed by atoms with van der Waals surface area (Å²) in [6.07, 6.45) is 17.0. The molecule has 5 heteroatoms. The normalized spacial score (nSPS) is 32.1. The number of halogens is 4. The van der Waals surface area contributed by atoms with Crippen LogP contribution in [0.1, 0.15) is 108 Å². The van der Waals surface area contributed by atoms with Crippen LogP contribution in [0.4, 0.5) is 17.6 Å². The lowest BCUT2D eigenvalue weighted by molar-refractivity contribution is -0.140. The van der Waals surface area contributed by atoms with E-state index in [4.69, 9.17) is 4.74 Å². The Bertz CT molecular complexity index is 852. The molecule has 1 aromatic carbocycles. The zero-order valence-electron chi connectivity index (χ0n) is 22.1. The van der Waals surface area contributed by atoms with E-state index >= 15 is 0 Å². The number of ether oxygens (including phenoxy) is 1. The van der Waals surface area contributed by atoms with Crippen LogP contribution in [-0.2, 0) is 6.18 Å². The van der Waals surface area contributed by atoms with Crippen molar-refractivity contribution in [3.05, 3.63) is 35.2 Å². The van der Waals surface area contributed by atoms with Crippen molar-refractivity contribution in [1.29, 1.82) is 0 Å². The summed E-state index contributed by atoms with van der Waals surface area (Å²) >= 11 is 0. The number of hydrogen-bond acceptors (Lipinski definition) is 1. The Labute approximate surface area is 215 Å². The number of alkyl halides is 3. The smallest absolute Gasteiger partial charge is 0.419 e. The monoisotopic (exact) mass is 508 g/mol. The highest BCUT2D eigenvalue weighted by atomic mass is 19.4. The van der Waals surface area contributed by atoms with Gasteiger partial charge in [0.1, 0.15) is 5.56 Å². The molecule has 3 aliphatic rings. The molecule has 0 amide bonds. The summed E-state index contributed by atoms with van der Waals surface area (Å²) in [5.41, 5.74) is -1.36. The highest BCUT2D eigenvalue weighted by Gasteiger charge is 2.38. The lowest BCUT2D eigenvalue weighted by atomic mass is 9.68. The summed E-state index contributed by atoms with van der Waals surface area (Å²) in [5.74, 6) is 3.10. The molecule has 0 bridgehead atoms. The van der Waals surface area contributed by atoms with E-state index < -0.39 is 17.6 Å². The SMILES string of the molecule is COc1ccc(/C=C/C2CCC(CCC3CCC(C4CCC(C)CC4)CC3)CC2)c(C(F)(F)F)c1F. The Morgan fingerprint density at radius 1 is 0.806 bits per heavy atom. The Morgan fingerprint density at radius 2 is 1.33 bits per heavy atom. The van der Waals surface area contributed by atoms with Gasteiger partial charge in [0, 0.05) is 0 Å². The van der Waals surface area contributed by atoms with E-state index in [9.17, 15) is 17.6 Å². The Kier molecular flexibility index (Phi) is 9.44. The highest BCUT2D eigenvalue weighted by Crippen LogP contribution is 2.43. The quantitative estimate of drug-likeness (QED) is 0.333. The lowest BCUT2D eigenvalue weighted by Gasteiger charge is -2.37. The van der Waals surface area contributed by atoms with Crippen molar-refractivity contribution in [2.45, 2.75) is 103 Å². The third kappa shape index (κ3) is 7.07. The Balaban J connectivity index is 1.20. The lowest BCUT2D eigenvalue weighted by Crippen LogP contribution is -2.25. The van der Waals surface area contributed by atoms with E-state index in [1.54, 1.807) is 0 Å². The molecule has 202 valence electrons.